The van der Waals surface area contributed by atoms with Crippen molar-refractivity contribution in [3.63, 3.8) is 0 Å². The average Bonchev–Trinajstić information content (AvgIpc) is 3.49. The molecule has 10 heteroatoms. The molecule has 5 aromatic rings. The number of rotatable bonds is 6. The van der Waals surface area contributed by atoms with Gasteiger partial charge in [-0.15, -0.1) is 0 Å². The second-order valence-corrected chi connectivity index (χ2v) is 8.99. The van der Waals surface area contributed by atoms with E-state index in [1.54, 1.807) is 24.8 Å². The van der Waals surface area contributed by atoms with Crippen LogP contribution >= 0.6 is 11.6 Å². The highest BCUT2D eigenvalue weighted by atomic mass is 35.5. The van der Waals surface area contributed by atoms with Gasteiger partial charge >= 0.3 is 0 Å². The number of aromatic amines is 1. The van der Waals surface area contributed by atoms with Gasteiger partial charge in [0.1, 0.15) is 24.2 Å². The third-order valence-corrected chi connectivity index (χ3v) is 6.50. The Morgan fingerprint density at radius 2 is 2.09 bits per heavy atom. The summed E-state index contributed by atoms with van der Waals surface area (Å²) in [5.41, 5.74) is 4.27. The number of H-pyrrole nitrogens is 1. The fourth-order valence-electron chi connectivity index (χ4n) is 4.57. The molecule has 8 nitrogen and oxygen atoms in total. The number of aromatic nitrogens is 6. The number of hydrogen-bond donors (Lipinski definition) is 2. The summed E-state index contributed by atoms with van der Waals surface area (Å²) in [6, 6.07) is 10.4. The number of nitrogens with one attached hydrogen (secondary N) is 2. The van der Waals surface area contributed by atoms with Gasteiger partial charge in [-0.1, -0.05) is 23.7 Å². The van der Waals surface area contributed by atoms with Crippen molar-refractivity contribution in [3.05, 3.63) is 65.7 Å². The number of imidazole rings is 2. The Hall–Kier alpha value is -3.56. The lowest BCUT2D eigenvalue weighted by Crippen LogP contribution is -2.17. The van der Waals surface area contributed by atoms with Crippen LogP contribution in [0.3, 0.4) is 0 Å². The Morgan fingerprint density at radius 3 is 2.94 bits per heavy atom. The van der Waals surface area contributed by atoms with E-state index >= 15 is 0 Å². The molecule has 4 heterocycles. The van der Waals surface area contributed by atoms with Gasteiger partial charge in [0.15, 0.2) is 17.0 Å². The van der Waals surface area contributed by atoms with Gasteiger partial charge in [-0.2, -0.15) is 0 Å². The fourth-order valence-corrected chi connectivity index (χ4v) is 4.73. The highest BCUT2D eigenvalue weighted by Crippen LogP contribution is 2.31. The van der Waals surface area contributed by atoms with Crippen molar-refractivity contribution in [3.8, 4) is 11.1 Å². The third kappa shape index (κ3) is 4.21. The standard InChI is InChI=1S/C25H23ClFN7O/c26-15-7-8-16(18(27)12-15)17-4-3-5-19-22(17)33-20(32-19)9-10-28-24-23-25(30-13-29-24)34(14-31-23)21-6-1-2-11-35-21/h3-5,7-8,12-14,21H,1-2,6,9-11H2,(H,32,33)(H,28,29,30). The molecule has 1 aliphatic rings. The van der Waals surface area contributed by atoms with E-state index in [1.165, 1.54) is 6.07 Å². The first-order valence-electron chi connectivity index (χ1n) is 11.6. The predicted molar refractivity (Wildman–Crippen MR) is 133 cm³/mol. The molecule has 1 saturated heterocycles. The molecule has 6 rings (SSSR count). The Morgan fingerprint density at radius 1 is 1.14 bits per heavy atom. The van der Waals surface area contributed by atoms with Gasteiger partial charge in [0.05, 0.1) is 17.4 Å². The number of nitrogens with zero attached hydrogens (tertiary/aromatic N) is 5. The van der Waals surface area contributed by atoms with Crippen LogP contribution in [0.2, 0.25) is 5.02 Å². The van der Waals surface area contributed by atoms with Crippen LogP contribution in [0.1, 0.15) is 31.3 Å². The van der Waals surface area contributed by atoms with Gasteiger partial charge < -0.3 is 15.0 Å². The number of fused-ring (bicyclic) bond motifs is 2. The number of hydrogen-bond acceptors (Lipinski definition) is 6. The highest BCUT2D eigenvalue weighted by Gasteiger charge is 2.20. The minimum Gasteiger partial charge on any atom is -0.368 e. The predicted octanol–water partition coefficient (Wildman–Crippen LogP) is 5.52. The van der Waals surface area contributed by atoms with E-state index < -0.39 is 0 Å². The SMILES string of the molecule is Fc1cc(Cl)ccc1-c1cccc2nc(CCNc3ncnc4c3ncn4C3CCCCO3)[nH]c12. The van der Waals surface area contributed by atoms with Gasteiger partial charge in [0.25, 0.3) is 0 Å². The Labute approximate surface area is 205 Å². The van der Waals surface area contributed by atoms with E-state index in [1.807, 2.05) is 22.8 Å². The van der Waals surface area contributed by atoms with Crippen molar-refractivity contribution in [2.24, 2.45) is 0 Å². The molecule has 1 aliphatic heterocycles. The van der Waals surface area contributed by atoms with Crippen molar-refractivity contribution in [2.45, 2.75) is 31.9 Å². The van der Waals surface area contributed by atoms with Crippen LogP contribution < -0.4 is 5.32 Å². The zero-order chi connectivity index (χ0) is 23.8. The van der Waals surface area contributed by atoms with Crippen LogP contribution in [-0.2, 0) is 11.2 Å². The quantitative estimate of drug-likeness (QED) is 0.325. The molecule has 0 radical (unpaired) electrons. The number of anilines is 1. The van der Waals surface area contributed by atoms with E-state index in [2.05, 4.69) is 25.3 Å². The maximum absolute atomic E-state index is 14.6. The van der Waals surface area contributed by atoms with Crippen molar-refractivity contribution in [1.82, 2.24) is 29.5 Å². The van der Waals surface area contributed by atoms with E-state index in [4.69, 9.17) is 21.3 Å². The normalized spacial score (nSPS) is 16.2. The smallest absolute Gasteiger partial charge is 0.167 e. The first kappa shape index (κ1) is 21.9. The molecule has 178 valence electrons. The van der Waals surface area contributed by atoms with E-state index in [-0.39, 0.29) is 12.0 Å². The first-order chi connectivity index (χ1) is 17.2. The lowest BCUT2D eigenvalue weighted by atomic mass is 10.0. The molecule has 0 bridgehead atoms. The summed E-state index contributed by atoms with van der Waals surface area (Å²) in [5, 5.41) is 3.72. The van der Waals surface area contributed by atoms with Gasteiger partial charge in [0.2, 0.25) is 0 Å². The van der Waals surface area contributed by atoms with Crippen molar-refractivity contribution < 1.29 is 9.13 Å². The maximum Gasteiger partial charge on any atom is 0.167 e. The summed E-state index contributed by atoms with van der Waals surface area (Å²) in [7, 11) is 0. The zero-order valence-corrected chi connectivity index (χ0v) is 19.6. The largest absolute Gasteiger partial charge is 0.368 e. The topological polar surface area (TPSA) is 93.5 Å². The molecular weight excluding hydrogens is 469 g/mol. The van der Waals surface area contributed by atoms with Gasteiger partial charge in [-0.05, 0) is 43.5 Å². The summed E-state index contributed by atoms with van der Waals surface area (Å²) >= 11 is 5.92. The third-order valence-electron chi connectivity index (χ3n) is 6.27. The molecule has 3 aromatic heterocycles. The van der Waals surface area contributed by atoms with E-state index in [0.29, 0.717) is 34.9 Å². The van der Waals surface area contributed by atoms with Crippen molar-refractivity contribution >= 4 is 39.6 Å². The highest BCUT2D eigenvalue weighted by molar-refractivity contribution is 6.30. The van der Waals surface area contributed by atoms with Crippen LogP contribution in [0, 0.1) is 5.82 Å². The maximum atomic E-state index is 14.6. The lowest BCUT2D eigenvalue weighted by molar-refractivity contribution is -0.0298. The molecule has 0 spiro atoms. The van der Waals surface area contributed by atoms with Crippen molar-refractivity contribution in [2.75, 3.05) is 18.5 Å². The van der Waals surface area contributed by atoms with Crippen LogP contribution in [-0.4, -0.2) is 42.6 Å². The molecule has 1 atom stereocenters. The minimum absolute atomic E-state index is 0.0354. The molecule has 35 heavy (non-hydrogen) atoms. The molecule has 0 amide bonds. The van der Waals surface area contributed by atoms with Crippen LogP contribution in [0.15, 0.2) is 49.1 Å². The fraction of sp³-hybridized carbons (Fsp3) is 0.280. The minimum atomic E-state index is -0.367. The van der Waals surface area contributed by atoms with Crippen LogP contribution in [0.5, 0.6) is 0 Å². The number of para-hydroxylation sites is 1. The summed E-state index contributed by atoms with van der Waals surface area (Å²) in [5.74, 6) is 1.10. The molecule has 0 saturated carbocycles. The molecule has 1 fully saturated rings. The average molecular weight is 492 g/mol. The number of benzene rings is 2. The summed E-state index contributed by atoms with van der Waals surface area (Å²) < 4.78 is 22.4. The van der Waals surface area contributed by atoms with E-state index in [9.17, 15) is 4.39 Å². The summed E-state index contributed by atoms with van der Waals surface area (Å²) in [4.78, 5) is 21.4. The van der Waals surface area contributed by atoms with E-state index in [0.717, 1.165) is 53.9 Å². The molecule has 1 unspecified atom stereocenters. The molecule has 0 aliphatic carbocycles. The lowest BCUT2D eigenvalue weighted by Gasteiger charge is -2.23. The summed E-state index contributed by atoms with van der Waals surface area (Å²) in [6.07, 6.45) is 7.07. The second-order valence-electron chi connectivity index (χ2n) is 8.55. The van der Waals surface area contributed by atoms with Crippen molar-refractivity contribution in [1.29, 1.82) is 0 Å². The van der Waals surface area contributed by atoms with Gasteiger partial charge in [-0.3, -0.25) is 4.57 Å². The molecule has 2 aromatic carbocycles. The van der Waals surface area contributed by atoms with Crippen LogP contribution in [0.25, 0.3) is 33.3 Å². The second kappa shape index (κ2) is 9.24. The Kier molecular flexibility index (Phi) is 5.79. The molecule has 2 N–H and O–H groups in total. The first-order valence-corrected chi connectivity index (χ1v) is 12.0. The summed E-state index contributed by atoms with van der Waals surface area (Å²) in [6.45, 7) is 1.34. The monoisotopic (exact) mass is 491 g/mol. The van der Waals surface area contributed by atoms with Gasteiger partial charge in [-0.25, -0.2) is 24.3 Å². The Balaban J connectivity index is 1.21. The number of ether oxygens (including phenoxy) is 1. The van der Waals surface area contributed by atoms with Gasteiger partial charge in [0, 0.05) is 35.7 Å². The zero-order valence-electron chi connectivity index (χ0n) is 18.8. The molecular formula is C25H23ClFN7O. The Bertz CT molecular complexity index is 1510. The number of halogens is 2. The van der Waals surface area contributed by atoms with Crippen LogP contribution in [0.4, 0.5) is 10.2 Å².